The lowest BCUT2D eigenvalue weighted by atomic mass is 9.86. The number of amides is 1. The lowest BCUT2D eigenvalue weighted by Crippen LogP contribution is -2.40. The molecule has 0 radical (unpaired) electrons. The van der Waals surface area contributed by atoms with Crippen molar-refractivity contribution < 1.29 is 9.53 Å². The van der Waals surface area contributed by atoms with Crippen LogP contribution in [0.1, 0.15) is 38.2 Å². The number of hydrogen-bond donors (Lipinski definition) is 1. The predicted molar refractivity (Wildman–Crippen MR) is 81.6 cm³/mol. The number of methoxy groups -OCH3 is 1. The second-order valence-electron chi connectivity index (χ2n) is 5.45. The number of para-hydroxylation sites is 1. The molecular weight excluding hydrogens is 250 g/mol. The summed E-state index contributed by atoms with van der Waals surface area (Å²) in [6.45, 7) is 2.22. The monoisotopic (exact) mass is 273 g/mol. The standard InChI is InChI=1S/C17H23NO2/c1-13-7-3-5-9-15(13)18-17(19)12-11-14-8-4-6-10-16(14)20-2/h4,6,8,10-13,15H,3,5,7,9H2,1-2H3,(H,18,19). The van der Waals surface area contributed by atoms with Crippen LogP contribution in [0.2, 0.25) is 0 Å². The van der Waals surface area contributed by atoms with Gasteiger partial charge in [-0.15, -0.1) is 0 Å². The summed E-state index contributed by atoms with van der Waals surface area (Å²) in [5.74, 6) is 1.34. The van der Waals surface area contributed by atoms with Crippen LogP contribution in [0.5, 0.6) is 5.75 Å². The predicted octanol–water partition coefficient (Wildman–Crippen LogP) is 3.40. The Balaban J connectivity index is 1.95. The molecule has 1 aromatic rings. The van der Waals surface area contributed by atoms with Crippen LogP contribution in [0.3, 0.4) is 0 Å². The van der Waals surface area contributed by atoms with Gasteiger partial charge in [0, 0.05) is 17.7 Å². The molecule has 108 valence electrons. The van der Waals surface area contributed by atoms with E-state index in [2.05, 4.69) is 12.2 Å². The lowest BCUT2D eigenvalue weighted by Gasteiger charge is -2.29. The minimum Gasteiger partial charge on any atom is -0.496 e. The summed E-state index contributed by atoms with van der Waals surface area (Å²) in [7, 11) is 1.64. The molecule has 3 nitrogen and oxygen atoms in total. The number of rotatable bonds is 4. The number of nitrogens with one attached hydrogen (secondary N) is 1. The molecule has 1 aromatic carbocycles. The molecule has 2 rings (SSSR count). The van der Waals surface area contributed by atoms with E-state index in [9.17, 15) is 4.79 Å². The van der Waals surface area contributed by atoms with Crippen LogP contribution >= 0.6 is 0 Å². The van der Waals surface area contributed by atoms with Crippen molar-refractivity contribution in [2.75, 3.05) is 7.11 Å². The van der Waals surface area contributed by atoms with Gasteiger partial charge in [-0.1, -0.05) is 38.0 Å². The van der Waals surface area contributed by atoms with E-state index in [-0.39, 0.29) is 5.91 Å². The number of carbonyl (C=O) groups is 1. The maximum Gasteiger partial charge on any atom is 0.244 e. The first-order chi connectivity index (χ1) is 9.70. The Kier molecular flexibility index (Phi) is 5.22. The third kappa shape index (κ3) is 3.86. The van der Waals surface area contributed by atoms with Crippen molar-refractivity contribution in [2.24, 2.45) is 5.92 Å². The quantitative estimate of drug-likeness (QED) is 0.854. The van der Waals surface area contributed by atoms with Crippen LogP contribution in [0.15, 0.2) is 30.3 Å². The second-order valence-corrected chi connectivity index (χ2v) is 5.45. The molecule has 1 fully saturated rings. The average Bonchev–Trinajstić information content (AvgIpc) is 2.48. The average molecular weight is 273 g/mol. The first-order valence-corrected chi connectivity index (χ1v) is 7.32. The molecule has 20 heavy (non-hydrogen) atoms. The molecule has 3 heteroatoms. The van der Waals surface area contributed by atoms with E-state index < -0.39 is 0 Å². The highest BCUT2D eigenvalue weighted by Gasteiger charge is 2.21. The summed E-state index contributed by atoms with van der Waals surface area (Å²) in [6, 6.07) is 7.99. The van der Waals surface area contributed by atoms with Gasteiger partial charge >= 0.3 is 0 Å². The van der Waals surface area contributed by atoms with Crippen molar-refractivity contribution in [3.63, 3.8) is 0 Å². The maximum atomic E-state index is 12.0. The Morgan fingerprint density at radius 3 is 2.80 bits per heavy atom. The second kappa shape index (κ2) is 7.13. The summed E-state index contributed by atoms with van der Waals surface area (Å²) >= 11 is 0. The van der Waals surface area contributed by atoms with E-state index in [0.717, 1.165) is 17.7 Å². The fourth-order valence-corrected chi connectivity index (χ4v) is 2.73. The third-order valence-electron chi connectivity index (χ3n) is 3.99. The molecule has 1 amide bonds. The largest absolute Gasteiger partial charge is 0.496 e. The van der Waals surface area contributed by atoms with Gasteiger partial charge in [0.25, 0.3) is 0 Å². The van der Waals surface area contributed by atoms with Crippen molar-refractivity contribution in [2.45, 2.75) is 38.6 Å². The Hall–Kier alpha value is -1.77. The van der Waals surface area contributed by atoms with Crippen molar-refractivity contribution in [3.8, 4) is 5.75 Å². The SMILES string of the molecule is COc1ccccc1C=CC(=O)NC1CCCCC1C. The van der Waals surface area contributed by atoms with Crippen molar-refractivity contribution >= 4 is 12.0 Å². The zero-order valence-corrected chi connectivity index (χ0v) is 12.3. The number of benzene rings is 1. The van der Waals surface area contributed by atoms with Crippen molar-refractivity contribution in [1.29, 1.82) is 0 Å². The van der Waals surface area contributed by atoms with Crippen LogP contribution < -0.4 is 10.1 Å². The van der Waals surface area contributed by atoms with E-state index in [1.807, 2.05) is 30.3 Å². The summed E-state index contributed by atoms with van der Waals surface area (Å²) < 4.78 is 5.26. The van der Waals surface area contributed by atoms with E-state index in [0.29, 0.717) is 12.0 Å². The third-order valence-corrected chi connectivity index (χ3v) is 3.99. The number of hydrogen-bond acceptors (Lipinski definition) is 2. The fourth-order valence-electron chi connectivity index (χ4n) is 2.73. The summed E-state index contributed by atoms with van der Waals surface area (Å²) in [6.07, 6.45) is 8.20. The Morgan fingerprint density at radius 2 is 2.05 bits per heavy atom. The topological polar surface area (TPSA) is 38.3 Å². The van der Waals surface area contributed by atoms with Crippen LogP contribution in [0, 0.1) is 5.92 Å². The molecule has 1 aliphatic carbocycles. The summed E-state index contributed by atoms with van der Waals surface area (Å²) in [5.41, 5.74) is 0.918. The highest BCUT2D eigenvalue weighted by molar-refractivity contribution is 5.92. The van der Waals surface area contributed by atoms with Crippen molar-refractivity contribution in [1.82, 2.24) is 5.32 Å². The smallest absolute Gasteiger partial charge is 0.244 e. The van der Waals surface area contributed by atoms with Crippen LogP contribution in [-0.2, 0) is 4.79 Å². The Bertz CT molecular complexity index is 482. The Morgan fingerprint density at radius 1 is 1.30 bits per heavy atom. The van der Waals surface area contributed by atoms with Gasteiger partial charge < -0.3 is 10.1 Å². The van der Waals surface area contributed by atoms with E-state index in [1.54, 1.807) is 13.2 Å². The molecule has 0 heterocycles. The first kappa shape index (κ1) is 14.6. The van der Waals surface area contributed by atoms with Crippen LogP contribution in [0.4, 0.5) is 0 Å². The zero-order valence-electron chi connectivity index (χ0n) is 12.3. The van der Waals surface area contributed by atoms with Gasteiger partial charge in [0.1, 0.15) is 5.75 Å². The normalized spacial score (nSPS) is 22.7. The number of ether oxygens (including phenoxy) is 1. The molecule has 1 aliphatic rings. The molecule has 0 spiro atoms. The van der Waals surface area contributed by atoms with Gasteiger partial charge in [-0.05, 0) is 30.9 Å². The van der Waals surface area contributed by atoms with Crippen LogP contribution in [0.25, 0.3) is 6.08 Å². The van der Waals surface area contributed by atoms with Gasteiger partial charge in [-0.2, -0.15) is 0 Å². The molecule has 2 unspecified atom stereocenters. The summed E-state index contributed by atoms with van der Waals surface area (Å²) in [4.78, 5) is 12.0. The Labute approximate surface area is 121 Å². The highest BCUT2D eigenvalue weighted by Crippen LogP contribution is 2.23. The molecule has 0 saturated heterocycles. The summed E-state index contributed by atoms with van der Waals surface area (Å²) in [5, 5.41) is 3.11. The van der Waals surface area contributed by atoms with Gasteiger partial charge in [0.2, 0.25) is 5.91 Å². The lowest BCUT2D eigenvalue weighted by molar-refractivity contribution is -0.117. The van der Waals surface area contributed by atoms with E-state index in [1.165, 1.54) is 19.3 Å². The van der Waals surface area contributed by atoms with Crippen LogP contribution in [-0.4, -0.2) is 19.1 Å². The molecule has 1 saturated carbocycles. The number of carbonyl (C=O) groups excluding carboxylic acids is 1. The van der Waals surface area contributed by atoms with Gasteiger partial charge in [0.15, 0.2) is 0 Å². The van der Waals surface area contributed by atoms with Gasteiger partial charge in [0.05, 0.1) is 7.11 Å². The van der Waals surface area contributed by atoms with E-state index >= 15 is 0 Å². The van der Waals surface area contributed by atoms with E-state index in [4.69, 9.17) is 4.74 Å². The van der Waals surface area contributed by atoms with Gasteiger partial charge in [-0.25, -0.2) is 0 Å². The molecular formula is C17H23NO2. The highest BCUT2D eigenvalue weighted by atomic mass is 16.5. The molecule has 0 aliphatic heterocycles. The zero-order chi connectivity index (χ0) is 14.4. The first-order valence-electron chi connectivity index (χ1n) is 7.32. The maximum absolute atomic E-state index is 12.0. The minimum absolute atomic E-state index is 0.0188. The molecule has 0 aromatic heterocycles. The minimum atomic E-state index is -0.0188. The molecule has 0 bridgehead atoms. The van der Waals surface area contributed by atoms with Gasteiger partial charge in [-0.3, -0.25) is 4.79 Å². The fraction of sp³-hybridized carbons (Fsp3) is 0.471. The molecule has 2 atom stereocenters. The van der Waals surface area contributed by atoms with Crippen molar-refractivity contribution in [3.05, 3.63) is 35.9 Å². The molecule has 1 N–H and O–H groups in total.